The molecule has 0 aliphatic heterocycles. The van der Waals surface area contributed by atoms with Gasteiger partial charge in [0.25, 0.3) is 0 Å². The Morgan fingerprint density at radius 1 is 1.36 bits per heavy atom. The fraction of sp³-hybridized carbons (Fsp3) is 0.364. The molecule has 0 atom stereocenters. The monoisotopic (exact) mass is 192 g/mol. The molecule has 1 aliphatic carbocycles. The highest BCUT2D eigenvalue weighted by molar-refractivity contribution is 5.56. The second kappa shape index (κ2) is 3.70. The Labute approximate surface area is 82.3 Å². The van der Waals surface area contributed by atoms with E-state index in [0.717, 1.165) is 11.5 Å². The quantitative estimate of drug-likeness (QED) is 0.749. The highest BCUT2D eigenvalue weighted by Crippen LogP contribution is 2.39. The summed E-state index contributed by atoms with van der Waals surface area (Å²) in [6.45, 7) is 0.139. The summed E-state index contributed by atoms with van der Waals surface area (Å²) in [5.74, 6) is 0.740. The molecule has 1 N–H and O–H groups in total. The predicted molar refractivity (Wildman–Crippen MR) is 51.2 cm³/mol. The van der Waals surface area contributed by atoms with Crippen molar-refractivity contribution in [2.24, 2.45) is 0 Å². The van der Waals surface area contributed by atoms with Gasteiger partial charge < -0.3 is 9.84 Å². The van der Waals surface area contributed by atoms with Crippen molar-refractivity contribution in [2.75, 3.05) is 0 Å². The average Bonchev–Trinajstić information content (AvgIpc) is 2.99. The van der Waals surface area contributed by atoms with Crippen LogP contribution < -0.4 is 0 Å². The van der Waals surface area contributed by atoms with Gasteiger partial charge in [0, 0.05) is 0 Å². The molecule has 1 saturated carbocycles. The maximum absolute atomic E-state index is 10.1. The van der Waals surface area contributed by atoms with E-state index in [4.69, 9.17) is 5.11 Å². The van der Waals surface area contributed by atoms with E-state index < -0.39 is 6.16 Å². The minimum absolute atomic E-state index is 0.139. The van der Waals surface area contributed by atoms with Gasteiger partial charge in [-0.3, -0.25) is 0 Å². The molecule has 0 unspecified atom stereocenters. The van der Waals surface area contributed by atoms with Crippen LogP contribution in [0.1, 0.15) is 29.9 Å². The normalized spacial score (nSPS) is 15.1. The second-order valence-corrected chi connectivity index (χ2v) is 3.57. The largest absolute Gasteiger partial charge is 0.506 e. The zero-order chi connectivity index (χ0) is 9.97. The molecule has 0 radical (unpaired) electrons. The zero-order valence-electron chi connectivity index (χ0n) is 7.77. The maximum atomic E-state index is 10.1. The van der Waals surface area contributed by atoms with Crippen molar-refractivity contribution in [3.63, 3.8) is 0 Å². The van der Waals surface area contributed by atoms with Crippen molar-refractivity contribution in [3.05, 3.63) is 35.4 Å². The van der Waals surface area contributed by atoms with Crippen LogP contribution in [-0.2, 0) is 11.3 Å². The van der Waals surface area contributed by atoms with Crippen molar-refractivity contribution >= 4 is 6.16 Å². The number of rotatable bonds is 3. The van der Waals surface area contributed by atoms with Crippen LogP contribution in [0.15, 0.2) is 24.3 Å². The molecule has 0 bridgehead atoms. The van der Waals surface area contributed by atoms with E-state index in [0.29, 0.717) is 0 Å². The van der Waals surface area contributed by atoms with Crippen LogP contribution in [-0.4, -0.2) is 11.3 Å². The third-order valence-corrected chi connectivity index (χ3v) is 2.39. The highest BCUT2D eigenvalue weighted by atomic mass is 16.7. The van der Waals surface area contributed by atoms with Crippen LogP contribution in [0, 0.1) is 0 Å². The Morgan fingerprint density at radius 2 is 2.00 bits per heavy atom. The summed E-state index contributed by atoms with van der Waals surface area (Å²) in [6, 6.07) is 7.96. The van der Waals surface area contributed by atoms with Gasteiger partial charge in [-0.15, -0.1) is 0 Å². The van der Waals surface area contributed by atoms with Crippen molar-refractivity contribution in [2.45, 2.75) is 25.4 Å². The van der Waals surface area contributed by atoms with Crippen LogP contribution in [0.2, 0.25) is 0 Å². The summed E-state index contributed by atoms with van der Waals surface area (Å²) in [4.78, 5) is 10.1. The minimum Gasteiger partial charge on any atom is -0.450 e. The lowest BCUT2D eigenvalue weighted by Crippen LogP contribution is -1.99. The van der Waals surface area contributed by atoms with Crippen molar-refractivity contribution in [3.8, 4) is 0 Å². The van der Waals surface area contributed by atoms with E-state index in [1.165, 1.54) is 18.4 Å². The van der Waals surface area contributed by atoms with Gasteiger partial charge in [-0.1, -0.05) is 24.3 Å². The average molecular weight is 192 g/mol. The lowest BCUT2D eigenvalue weighted by atomic mass is 10.1. The number of hydrogen-bond acceptors (Lipinski definition) is 2. The molecule has 1 aromatic rings. The lowest BCUT2D eigenvalue weighted by Gasteiger charge is -2.02. The van der Waals surface area contributed by atoms with Crippen molar-refractivity contribution in [1.29, 1.82) is 0 Å². The molecule has 1 fully saturated rings. The summed E-state index contributed by atoms with van der Waals surface area (Å²) in [7, 11) is 0. The first-order valence-electron chi connectivity index (χ1n) is 4.70. The van der Waals surface area contributed by atoms with Gasteiger partial charge in [0.05, 0.1) is 0 Å². The van der Waals surface area contributed by atoms with Gasteiger partial charge in [0.1, 0.15) is 6.61 Å². The van der Waals surface area contributed by atoms with E-state index in [2.05, 4.69) is 16.9 Å². The molecule has 0 saturated heterocycles. The first-order chi connectivity index (χ1) is 6.75. The third-order valence-electron chi connectivity index (χ3n) is 2.39. The molecular formula is C11H12O3. The predicted octanol–water partition coefficient (Wildman–Crippen LogP) is 2.76. The maximum Gasteiger partial charge on any atom is 0.506 e. The second-order valence-electron chi connectivity index (χ2n) is 3.57. The topological polar surface area (TPSA) is 46.5 Å². The van der Waals surface area contributed by atoms with Crippen LogP contribution in [0.5, 0.6) is 0 Å². The smallest absolute Gasteiger partial charge is 0.450 e. The van der Waals surface area contributed by atoms with Gasteiger partial charge in [-0.05, 0) is 29.9 Å². The summed E-state index contributed by atoms with van der Waals surface area (Å²) in [6.07, 6.45) is 1.34. The van der Waals surface area contributed by atoms with Crippen LogP contribution in [0.3, 0.4) is 0 Å². The number of carbonyl (C=O) groups is 1. The van der Waals surface area contributed by atoms with E-state index >= 15 is 0 Å². The van der Waals surface area contributed by atoms with Gasteiger partial charge in [-0.2, -0.15) is 0 Å². The van der Waals surface area contributed by atoms with Crippen molar-refractivity contribution < 1.29 is 14.6 Å². The summed E-state index contributed by atoms with van der Waals surface area (Å²) < 4.78 is 4.46. The molecule has 14 heavy (non-hydrogen) atoms. The van der Waals surface area contributed by atoms with E-state index in [9.17, 15) is 4.79 Å². The van der Waals surface area contributed by atoms with Gasteiger partial charge in [0.2, 0.25) is 0 Å². The zero-order valence-corrected chi connectivity index (χ0v) is 7.77. The molecule has 0 aromatic heterocycles. The molecule has 1 aliphatic rings. The molecule has 0 heterocycles. The summed E-state index contributed by atoms with van der Waals surface area (Å²) >= 11 is 0. The standard InChI is InChI=1S/C11H12O3/c12-11(13)14-7-8-1-3-9(4-2-8)10-5-6-10/h1-4,10H,5-7H2,(H,12,13). The number of hydrogen-bond donors (Lipinski definition) is 1. The fourth-order valence-corrected chi connectivity index (χ4v) is 1.45. The summed E-state index contributed by atoms with van der Waals surface area (Å²) in [5.41, 5.74) is 2.25. The molecule has 3 nitrogen and oxygen atoms in total. The van der Waals surface area contributed by atoms with E-state index in [1.807, 2.05) is 12.1 Å². The Bertz CT molecular complexity index is 325. The molecule has 2 rings (SSSR count). The van der Waals surface area contributed by atoms with E-state index in [1.54, 1.807) is 0 Å². The third kappa shape index (κ3) is 2.25. The minimum atomic E-state index is -1.23. The van der Waals surface area contributed by atoms with Crippen LogP contribution in [0.4, 0.5) is 4.79 Å². The number of ether oxygens (including phenoxy) is 1. The molecular weight excluding hydrogens is 180 g/mol. The number of benzene rings is 1. The van der Waals surface area contributed by atoms with Gasteiger partial charge in [0.15, 0.2) is 0 Å². The van der Waals surface area contributed by atoms with Gasteiger partial charge >= 0.3 is 6.16 Å². The molecule has 0 spiro atoms. The SMILES string of the molecule is O=C(O)OCc1ccc(C2CC2)cc1. The molecule has 1 aromatic carbocycles. The Balaban J connectivity index is 1.95. The Morgan fingerprint density at radius 3 is 2.50 bits per heavy atom. The first kappa shape index (κ1) is 9.06. The van der Waals surface area contributed by atoms with Crippen LogP contribution >= 0.6 is 0 Å². The lowest BCUT2D eigenvalue weighted by molar-refractivity contribution is 0.0854. The molecule has 3 heteroatoms. The highest BCUT2D eigenvalue weighted by Gasteiger charge is 2.22. The first-order valence-corrected chi connectivity index (χ1v) is 4.70. The number of carboxylic acid groups (broad SMARTS) is 1. The fourth-order valence-electron chi connectivity index (χ4n) is 1.45. The van der Waals surface area contributed by atoms with Crippen LogP contribution in [0.25, 0.3) is 0 Å². The molecule has 74 valence electrons. The molecule has 0 amide bonds. The Hall–Kier alpha value is -1.51. The summed E-state index contributed by atoms with van der Waals surface area (Å²) in [5, 5.41) is 8.31. The van der Waals surface area contributed by atoms with Gasteiger partial charge in [-0.25, -0.2) is 4.79 Å². The van der Waals surface area contributed by atoms with Crippen molar-refractivity contribution in [1.82, 2.24) is 0 Å². The Kier molecular flexibility index (Phi) is 2.39. The van der Waals surface area contributed by atoms with E-state index in [-0.39, 0.29) is 6.61 Å².